The number of rotatable bonds is 4. The summed E-state index contributed by atoms with van der Waals surface area (Å²) in [5.74, 6) is 0.168. The number of hydrogen-bond donors (Lipinski definition) is 0. The summed E-state index contributed by atoms with van der Waals surface area (Å²) in [7, 11) is 0. The van der Waals surface area contributed by atoms with Crippen LogP contribution in [0.15, 0.2) is 76.8 Å². The zero-order chi connectivity index (χ0) is 19.7. The zero-order valence-electron chi connectivity index (χ0n) is 14.6. The van der Waals surface area contributed by atoms with Crippen LogP contribution in [0.4, 0.5) is 0 Å². The lowest BCUT2D eigenvalue weighted by atomic mass is 10.1. The number of allylic oxidation sites excluding steroid dienone is 1. The van der Waals surface area contributed by atoms with E-state index in [2.05, 4.69) is 15.9 Å². The van der Waals surface area contributed by atoms with E-state index < -0.39 is 0 Å². The summed E-state index contributed by atoms with van der Waals surface area (Å²) < 4.78 is 6.56. The molecule has 3 aromatic carbocycles. The second kappa shape index (κ2) is 7.74. The van der Waals surface area contributed by atoms with Gasteiger partial charge in [-0.25, -0.2) is 0 Å². The van der Waals surface area contributed by atoms with E-state index in [0.29, 0.717) is 28.5 Å². The molecule has 0 aromatic heterocycles. The average Bonchev–Trinajstić information content (AvgIpc) is 2.94. The SMILES string of the molecule is O=C1C(=Cc2ccc(OCc3ccccc3Cl)c(Br)c2)C(=O)c2ccccc21. The van der Waals surface area contributed by atoms with Crippen LogP contribution in [0.1, 0.15) is 31.8 Å². The molecule has 0 N–H and O–H groups in total. The van der Waals surface area contributed by atoms with E-state index in [1.807, 2.05) is 36.4 Å². The second-order valence-electron chi connectivity index (χ2n) is 6.33. The van der Waals surface area contributed by atoms with E-state index in [9.17, 15) is 9.59 Å². The lowest BCUT2D eigenvalue weighted by Crippen LogP contribution is -2.00. The summed E-state index contributed by atoms with van der Waals surface area (Å²) in [4.78, 5) is 25.0. The number of carbonyl (C=O) groups is 2. The van der Waals surface area contributed by atoms with Crippen LogP contribution in [0.2, 0.25) is 5.02 Å². The first-order chi connectivity index (χ1) is 13.5. The van der Waals surface area contributed by atoms with Crippen molar-refractivity contribution in [3.63, 3.8) is 0 Å². The van der Waals surface area contributed by atoms with E-state index >= 15 is 0 Å². The molecule has 0 saturated carbocycles. The molecule has 0 saturated heterocycles. The average molecular weight is 454 g/mol. The molecule has 0 aliphatic heterocycles. The third kappa shape index (κ3) is 3.53. The van der Waals surface area contributed by atoms with Gasteiger partial charge in [0.15, 0.2) is 11.6 Å². The summed E-state index contributed by atoms with van der Waals surface area (Å²) in [5, 5.41) is 0.651. The summed E-state index contributed by atoms with van der Waals surface area (Å²) in [6.45, 7) is 0.338. The predicted molar refractivity (Wildman–Crippen MR) is 113 cm³/mol. The Kier molecular flexibility index (Phi) is 5.16. The topological polar surface area (TPSA) is 43.4 Å². The third-order valence-corrected chi connectivity index (χ3v) is 5.50. The minimum atomic E-state index is -0.240. The van der Waals surface area contributed by atoms with Crippen molar-refractivity contribution < 1.29 is 14.3 Å². The molecular weight excluding hydrogens is 440 g/mol. The largest absolute Gasteiger partial charge is 0.488 e. The molecule has 0 bridgehead atoms. The maximum Gasteiger partial charge on any atom is 0.197 e. The minimum absolute atomic E-state index is 0.179. The number of carbonyl (C=O) groups excluding carboxylic acids is 2. The quantitative estimate of drug-likeness (QED) is 0.352. The van der Waals surface area contributed by atoms with E-state index in [1.165, 1.54) is 0 Å². The number of ether oxygens (including phenoxy) is 1. The first kappa shape index (κ1) is 18.7. The van der Waals surface area contributed by atoms with Crippen molar-refractivity contribution in [3.8, 4) is 5.75 Å². The Hall–Kier alpha value is -2.69. The molecule has 1 aliphatic carbocycles. The maximum atomic E-state index is 12.5. The highest BCUT2D eigenvalue weighted by molar-refractivity contribution is 9.10. The van der Waals surface area contributed by atoms with Crippen LogP contribution >= 0.6 is 27.5 Å². The van der Waals surface area contributed by atoms with Crippen LogP contribution < -0.4 is 4.74 Å². The highest BCUT2D eigenvalue weighted by Crippen LogP contribution is 2.31. The van der Waals surface area contributed by atoms with Crippen molar-refractivity contribution in [1.29, 1.82) is 0 Å². The molecule has 138 valence electrons. The van der Waals surface area contributed by atoms with Gasteiger partial charge in [-0.2, -0.15) is 0 Å². The Bertz CT molecular complexity index is 1100. The molecule has 0 fully saturated rings. The van der Waals surface area contributed by atoms with Crippen LogP contribution in [0.3, 0.4) is 0 Å². The molecule has 3 nitrogen and oxygen atoms in total. The minimum Gasteiger partial charge on any atom is -0.488 e. The van der Waals surface area contributed by atoms with Gasteiger partial charge in [-0.05, 0) is 45.8 Å². The lowest BCUT2D eigenvalue weighted by molar-refractivity contribution is 0.0990. The van der Waals surface area contributed by atoms with Crippen LogP contribution in [0.5, 0.6) is 5.75 Å². The highest BCUT2D eigenvalue weighted by Gasteiger charge is 2.32. The van der Waals surface area contributed by atoms with Gasteiger partial charge >= 0.3 is 0 Å². The maximum absolute atomic E-state index is 12.5. The molecule has 0 unspecified atom stereocenters. The number of hydrogen-bond acceptors (Lipinski definition) is 3. The second-order valence-corrected chi connectivity index (χ2v) is 7.59. The number of Topliss-reactive ketones (excluding diaryl/α,β-unsaturated/α-hetero) is 2. The first-order valence-corrected chi connectivity index (χ1v) is 9.77. The summed E-state index contributed by atoms with van der Waals surface area (Å²) in [6.07, 6.45) is 1.62. The molecular formula is C23H14BrClO3. The van der Waals surface area contributed by atoms with E-state index in [1.54, 1.807) is 36.4 Å². The summed E-state index contributed by atoms with van der Waals surface area (Å²) >= 11 is 9.64. The van der Waals surface area contributed by atoms with Gasteiger partial charge in [-0.1, -0.05) is 60.1 Å². The van der Waals surface area contributed by atoms with Crippen molar-refractivity contribution in [2.24, 2.45) is 0 Å². The van der Waals surface area contributed by atoms with Crippen molar-refractivity contribution in [3.05, 3.63) is 104 Å². The van der Waals surface area contributed by atoms with Crippen LogP contribution in [-0.4, -0.2) is 11.6 Å². The standard InChI is InChI=1S/C23H14BrClO3/c24-19-12-14(9-10-21(19)28-13-15-5-1-4-8-20(15)25)11-18-22(26)16-6-2-3-7-17(16)23(18)27/h1-12H,13H2. The molecule has 0 amide bonds. The van der Waals surface area contributed by atoms with Crippen molar-refractivity contribution in [2.45, 2.75) is 6.61 Å². The fourth-order valence-corrected chi connectivity index (χ4v) is 3.77. The number of fused-ring (bicyclic) bond motifs is 1. The van der Waals surface area contributed by atoms with Gasteiger partial charge in [0.1, 0.15) is 12.4 Å². The molecule has 0 radical (unpaired) electrons. The molecule has 28 heavy (non-hydrogen) atoms. The number of benzene rings is 3. The zero-order valence-corrected chi connectivity index (χ0v) is 17.0. The van der Waals surface area contributed by atoms with E-state index in [4.69, 9.17) is 16.3 Å². The Labute approximate surface area is 175 Å². The molecule has 1 aliphatic rings. The number of ketones is 2. The first-order valence-electron chi connectivity index (χ1n) is 8.60. The van der Waals surface area contributed by atoms with Gasteiger partial charge in [-0.3, -0.25) is 9.59 Å². The molecule has 3 aromatic rings. The highest BCUT2D eigenvalue weighted by atomic mass is 79.9. The van der Waals surface area contributed by atoms with E-state index in [0.717, 1.165) is 15.6 Å². The smallest absolute Gasteiger partial charge is 0.197 e. The van der Waals surface area contributed by atoms with Crippen LogP contribution in [0.25, 0.3) is 6.08 Å². The van der Waals surface area contributed by atoms with Crippen molar-refractivity contribution in [1.82, 2.24) is 0 Å². The summed E-state index contributed by atoms with van der Waals surface area (Å²) in [6, 6.07) is 19.8. The molecule has 0 spiro atoms. The lowest BCUT2D eigenvalue weighted by Gasteiger charge is -2.10. The number of halogens is 2. The van der Waals surface area contributed by atoms with Crippen molar-refractivity contribution >= 4 is 45.2 Å². The van der Waals surface area contributed by atoms with Gasteiger partial charge in [0.25, 0.3) is 0 Å². The van der Waals surface area contributed by atoms with Gasteiger partial charge in [0.2, 0.25) is 0 Å². The third-order valence-electron chi connectivity index (χ3n) is 4.51. The van der Waals surface area contributed by atoms with E-state index in [-0.39, 0.29) is 17.1 Å². The Balaban J connectivity index is 1.56. The fraction of sp³-hybridized carbons (Fsp3) is 0.0435. The van der Waals surface area contributed by atoms with Crippen LogP contribution in [0, 0.1) is 0 Å². The molecule has 0 heterocycles. The molecule has 5 heteroatoms. The predicted octanol–water partition coefficient (Wildman–Crippen LogP) is 6.14. The monoisotopic (exact) mass is 452 g/mol. The molecule has 0 atom stereocenters. The Morgan fingerprint density at radius 2 is 1.54 bits per heavy atom. The van der Waals surface area contributed by atoms with Crippen LogP contribution in [-0.2, 0) is 6.61 Å². The normalized spacial score (nSPS) is 12.9. The van der Waals surface area contributed by atoms with Crippen molar-refractivity contribution in [2.75, 3.05) is 0 Å². The van der Waals surface area contributed by atoms with Gasteiger partial charge in [-0.15, -0.1) is 0 Å². The Morgan fingerprint density at radius 3 is 2.18 bits per heavy atom. The summed E-state index contributed by atoms with van der Waals surface area (Å²) in [5.41, 5.74) is 2.72. The molecule has 4 rings (SSSR count). The van der Waals surface area contributed by atoms with Gasteiger partial charge in [0.05, 0.1) is 10.0 Å². The van der Waals surface area contributed by atoms with Gasteiger partial charge in [0, 0.05) is 21.7 Å². The Morgan fingerprint density at radius 1 is 0.893 bits per heavy atom. The fourth-order valence-electron chi connectivity index (χ4n) is 3.07. The van der Waals surface area contributed by atoms with Gasteiger partial charge < -0.3 is 4.74 Å².